The van der Waals surface area contributed by atoms with Crippen molar-refractivity contribution in [2.75, 3.05) is 16.8 Å². The van der Waals surface area contributed by atoms with Gasteiger partial charge in [-0.2, -0.15) is 5.10 Å². The summed E-state index contributed by atoms with van der Waals surface area (Å²) in [7, 11) is 0. The largest absolute Gasteiger partial charge is 0.351 e. The van der Waals surface area contributed by atoms with Gasteiger partial charge >= 0.3 is 0 Å². The van der Waals surface area contributed by atoms with Crippen molar-refractivity contribution >= 4 is 32.5 Å². The third-order valence-corrected chi connectivity index (χ3v) is 3.79. The Hall–Kier alpha value is -1.16. The molecule has 1 heterocycles. The second kappa shape index (κ2) is 4.84. The van der Waals surface area contributed by atoms with Gasteiger partial charge in [0.05, 0.1) is 5.69 Å². The number of halogens is 1. The maximum absolute atomic E-state index is 4.44. The van der Waals surface area contributed by atoms with E-state index in [2.05, 4.69) is 55.3 Å². The molecule has 0 spiro atoms. The van der Waals surface area contributed by atoms with Crippen molar-refractivity contribution in [3.05, 3.63) is 30.0 Å². The maximum Gasteiger partial charge on any atom is 0.159 e. The van der Waals surface area contributed by atoms with E-state index in [1.54, 1.807) is 0 Å². The van der Waals surface area contributed by atoms with Gasteiger partial charge in [-0.05, 0) is 19.8 Å². The van der Waals surface area contributed by atoms with Gasteiger partial charge in [0.15, 0.2) is 5.82 Å². The average Bonchev–Trinajstić information content (AvgIpc) is 3.22. The standard InChI is InChI=1S/C14H16BrN3/c1-10-12-4-2-3-5-13(12)14(17-16-10)18(9-8-15)11-6-7-11/h2-5,11H,6-9H2,1H3. The van der Waals surface area contributed by atoms with Gasteiger partial charge in [0.1, 0.15) is 0 Å². The fourth-order valence-corrected chi connectivity index (χ4v) is 2.76. The molecule has 0 amide bonds. The Balaban J connectivity index is 2.12. The van der Waals surface area contributed by atoms with Crippen LogP contribution in [0.3, 0.4) is 0 Å². The van der Waals surface area contributed by atoms with Gasteiger partial charge in [0.2, 0.25) is 0 Å². The molecule has 1 aromatic carbocycles. The van der Waals surface area contributed by atoms with Gasteiger partial charge in [-0.25, -0.2) is 0 Å². The quantitative estimate of drug-likeness (QED) is 0.812. The predicted octanol–water partition coefficient (Wildman–Crippen LogP) is 3.30. The third kappa shape index (κ3) is 2.09. The fraction of sp³-hybridized carbons (Fsp3) is 0.429. The molecule has 0 radical (unpaired) electrons. The first-order valence-corrected chi connectivity index (χ1v) is 7.48. The number of alkyl halides is 1. The summed E-state index contributed by atoms with van der Waals surface area (Å²) in [6, 6.07) is 9.07. The Bertz CT molecular complexity index is 566. The molecule has 1 fully saturated rings. The number of hydrogen-bond acceptors (Lipinski definition) is 3. The van der Waals surface area contributed by atoms with Crippen LogP contribution in [0.1, 0.15) is 18.5 Å². The van der Waals surface area contributed by atoms with E-state index >= 15 is 0 Å². The second-order valence-electron chi connectivity index (χ2n) is 4.77. The molecule has 0 atom stereocenters. The van der Waals surface area contributed by atoms with Crippen molar-refractivity contribution in [3.8, 4) is 0 Å². The van der Waals surface area contributed by atoms with Crippen LogP contribution in [-0.4, -0.2) is 28.1 Å². The van der Waals surface area contributed by atoms with E-state index in [1.165, 1.54) is 23.6 Å². The van der Waals surface area contributed by atoms with Crippen molar-refractivity contribution in [2.45, 2.75) is 25.8 Å². The zero-order valence-electron chi connectivity index (χ0n) is 10.4. The second-order valence-corrected chi connectivity index (χ2v) is 5.56. The Morgan fingerprint density at radius 3 is 2.61 bits per heavy atom. The minimum Gasteiger partial charge on any atom is -0.351 e. The number of aromatic nitrogens is 2. The van der Waals surface area contributed by atoms with Gasteiger partial charge in [-0.15, -0.1) is 5.10 Å². The van der Waals surface area contributed by atoms with Crippen molar-refractivity contribution in [3.63, 3.8) is 0 Å². The molecule has 0 N–H and O–H groups in total. The molecule has 1 aromatic heterocycles. The Morgan fingerprint density at radius 2 is 1.94 bits per heavy atom. The van der Waals surface area contributed by atoms with E-state index in [4.69, 9.17) is 0 Å². The molecule has 1 aliphatic carbocycles. The number of rotatable bonds is 4. The van der Waals surface area contributed by atoms with Crippen LogP contribution in [-0.2, 0) is 0 Å². The fourth-order valence-electron chi connectivity index (χ4n) is 2.37. The lowest BCUT2D eigenvalue weighted by atomic mass is 10.1. The van der Waals surface area contributed by atoms with Crippen molar-refractivity contribution in [2.24, 2.45) is 0 Å². The van der Waals surface area contributed by atoms with Crippen LogP contribution in [0.5, 0.6) is 0 Å². The molecule has 2 aromatic rings. The summed E-state index contributed by atoms with van der Waals surface area (Å²) in [6.45, 7) is 3.01. The lowest BCUT2D eigenvalue weighted by Gasteiger charge is -2.23. The molecule has 18 heavy (non-hydrogen) atoms. The van der Waals surface area contributed by atoms with Gasteiger partial charge in [-0.1, -0.05) is 40.2 Å². The first-order chi connectivity index (χ1) is 8.81. The first kappa shape index (κ1) is 11.9. The molecule has 4 heteroatoms. The summed E-state index contributed by atoms with van der Waals surface area (Å²) in [6.07, 6.45) is 2.55. The highest BCUT2D eigenvalue weighted by molar-refractivity contribution is 9.09. The predicted molar refractivity (Wildman–Crippen MR) is 78.4 cm³/mol. The lowest BCUT2D eigenvalue weighted by Crippen LogP contribution is -2.29. The summed E-state index contributed by atoms with van der Waals surface area (Å²) >= 11 is 3.53. The molecule has 1 saturated carbocycles. The molecular formula is C14H16BrN3. The van der Waals surface area contributed by atoms with Crippen molar-refractivity contribution in [1.82, 2.24) is 10.2 Å². The minimum atomic E-state index is 0.656. The number of fused-ring (bicyclic) bond motifs is 1. The van der Waals surface area contributed by atoms with Gasteiger partial charge in [-0.3, -0.25) is 0 Å². The molecule has 0 aliphatic heterocycles. The summed E-state index contributed by atoms with van der Waals surface area (Å²) in [5.74, 6) is 1.04. The van der Waals surface area contributed by atoms with Crippen LogP contribution in [0, 0.1) is 6.92 Å². The number of benzene rings is 1. The maximum atomic E-state index is 4.44. The van der Waals surface area contributed by atoms with Crippen LogP contribution in [0.25, 0.3) is 10.8 Å². The number of anilines is 1. The third-order valence-electron chi connectivity index (χ3n) is 3.44. The van der Waals surface area contributed by atoms with Gasteiger partial charge in [0, 0.05) is 28.7 Å². The number of hydrogen-bond donors (Lipinski definition) is 0. The Morgan fingerprint density at radius 1 is 1.22 bits per heavy atom. The Labute approximate surface area is 115 Å². The molecule has 1 aliphatic rings. The van der Waals surface area contributed by atoms with Crippen molar-refractivity contribution in [1.29, 1.82) is 0 Å². The molecule has 3 nitrogen and oxygen atoms in total. The summed E-state index contributed by atoms with van der Waals surface area (Å²) in [4.78, 5) is 2.39. The molecule has 94 valence electrons. The molecule has 0 unspecified atom stereocenters. The zero-order valence-corrected chi connectivity index (χ0v) is 12.0. The summed E-state index contributed by atoms with van der Waals surface area (Å²) in [5.41, 5.74) is 1.00. The highest BCUT2D eigenvalue weighted by Crippen LogP contribution is 2.34. The monoisotopic (exact) mass is 305 g/mol. The molecule has 3 rings (SSSR count). The van der Waals surface area contributed by atoms with Crippen LogP contribution >= 0.6 is 15.9 Å². The topological polar surface area (TPSA) is 29.0 Å². The van der Waals surface area contributed by atoms with Crippen LogP contribution in [0.15, 0.2) is 24.3 Å². The normalized spacial score (nSPS) is 15.0. The highest BCUT2D eigenvalue weighted by atomic mass is 79.9. The van der Waals surface area contributed by atoms with Crippen LogP contribution < -0.4 is 4.90 Å². The first-order valence-electron chi connectivity index (χ1n) is 6.36. The minimum absolute atomic E-state index is 0.656. The van der Waals surface area contributed by atoms with Gasteiger partial charge < -0.3 is 4.90 Å². The number of nitrogens with zero attached hydrogens (tertiary/aromatic N) is 3. The lowest BCUT2D eigenvalue weighted by molar-refractivity contribution is 0.801. The van der Waals surface area contributed by atoms with E-state index in [0.29, 0.717) is 6.04 Å². The smallest absolute Gasteiger partial charge is 0.159 e. The summed E-state index contributed by atoms with van der Waals surface area (Å²) < 4.78 is 0. The zero-order chi connectivity index (χ0) is 12.5. The Kier molecular flexibility index (Phi) is 3.20. The average molecular weight is 306 g/mol. The molecule has 0 bridgehead atoms. The van der Waals surface area contributed by atoms with Crippen LogP contribution in [0.2, 0.25) is 0 Å². The van der Waals surface area contributed by atoms with E-state index in [-0.39, 0.29) is 0 Å². The van der Waals surface area contributed by atoms with E-state index in [9.17, 15) is 0 Å². The van der Waals surface area contributed by atoms with Crippen LogP contribution in [0.4, 0.5) is 5.82 Å². The number of aryl methyl sites for hydroxylation is 1. The van der Waals surface area contributed by atoms with E-state index < -0.39 is 0 Å². The summed E-state index contributed by atoms with van der Waals surface area (Å²) in [5, 5.41) is 12.2. The SMILES string of the molecule is Cc1nnc(N(CCBr)C2CC2)c2ccccc12. The van der Waals surface area contributed by atoms with E-state index in [1.807, 2.05) is 6.92 Å². The van der Waals surface area contributed by atoms with E-state index in [0.717, 1.165) is 23.4 Å². The highest BCUT2D eigenvalue weighted by Gasteiger charge is 2.30. The molecular weight excluding hydrogens is 290 g/mol. The van der Waals surface area contributed by atoms with Crippen molar-refractivity contribution < 1.29 is 0 Å². The van der Waals surface area contributed by atoms with Gasteiger partial charge in [0.25, 0.3) is 0 Å². The molecule has 0 saturated heterocycles.